The summed E-state index contributed by atoms with van der Waals surface area (Å²) in [5, 5.41) is 13.1. The van der Waals surface area contributed by atoms with Gasteiger partial charge in [0.25, 0.3) is 0 Å². The predicted molar refractivity (Wildman–Crippen MR) is 58.7 cm³/mol. The van der Waals surface area contributed by atoms with Crippen LogP contribution in [0.4, 0.5) is 0 Å². The summed E-state index contributed by atoms with van der Waals surface area (Å²) in [6.45, 7) is 1.68. The van der Waals surface area contributed by atoms with Crippen molar-refractivity contribution in [1.29, 1.82) is 0 Å². The third-order valence-corrected chi connectivity index (χ3v) is 2.38. The van der Waals surface area contributed by atoms with Crippen molar-refractivity contribution in [3.8, 4) is 5.69 Å². The maximum absolute atomic E-state index is 11.4. The highest BCUT2D eigenvalue weighted by atomic mass is 16.4. The highest BCUT2D eigenvalue weighted by molar-refractivity contribution is 5.88. The molecule has 0 aliphatic rings. The SMILES string of the molecule is Cc1ccc(C(=O)O)cc1-n1c(=O)[nH][nH]c1=O. The van der Waals surface area contributed by atoms with Gasteiger partial charge in [0.05, 0.1) is 11.3 Å². The Bertz CT molecular complexity index is 665. The van der Waals surface area contributed by atoms with Crippen molar-refractivity contribution in [2.45, 2.75) is 6.92 Å². The molecule has 17 heavy (non-hydrogen) atoms. The second-order valence-electron chi connectivity index (χ2n) is 3.50. The van der Waals surface area contributed by atoms with Crippen LogP contribution < -0.4 is 11.4 Å². The largest absolute Gasteiger partial charge is 0.478 e. The number of aryl methyl sites for hydroxylation is 1. The van der Waals surface area contributed by atoms with Gasteiger partial charge in [-0.25, -0.2) is 29.1 Å². The summed E-state index contributed by atoms with van der Waals surface area (Å²) in [5.74, 6) is -1.12. The fraction of sp³-hybridized carbons (Fsp3) is 0.100. The summed E-state index contributed by atoms with van der Waals surface area (Å²) in [6, 6.07) is 4.23. The van der Waals surface area contributed by atoms with Crippen LogP contribution in [0.5, 0.6) is 0 Å². The molecule has 1 aromatic heterocycles. The van der Waals surface area contributed by atoms with E-state index in [0.717, 1.165) is 4.57 Å². The number of rotatable bonds is 2. The number of carboxylic acids is 1. The van der Waals surface area contributed by atoms with E-state index in [0.29, 0.717) is 5.56 Å². The highest BCUT2D eigenvalue weighted by Crippen LogP contribution is 2.13. The first kappa shape index (κ1) is 10.9. The van der Waals surface area contributed by atoms with Gasteiger partial charge in [0, 0.05) is 0 Å². The molecule has 2 rings (SSSR count). The number of aromatic carboxylic acids is 1. The minimum Gasteiger partial charge on any atom is -0.478 e. The first-order valence-corrected chi connectivity index (χ1v) is 4.74. The van der Waals surface area contributed by atoms with E-state index in [9.17, 15) is 14.4 Å². The van der Waals surface area contributed by atoms with E-state index in [1.165, 1.54) is 18.2 Å². The van der Waals surface area contributed by atoms with Gasteiger partial charge in [0.15, 0.2) is 0 Å². The Labute approximate surface area is 94.3 Å². The van der Waals surface area contributed by atoms with Gasteiger partial charge >= 0.3 is 17.3 Å². The maximum atomic E-state index is 11.4. The molecule has 0 spiro atoms. The smallest absolute Gasteiger partial charge is 0.348 e. The van der Waals surface area contributed by atoms with E-state index in [1.807, 2.05) is 0 Å². The van der Waals surface area contributed by atoms with Crippen LogP contribution in [0.15, 0.2) is 27.8 Å². The molecule has 3 N–H and O–H groups in total. The molecule has 0 saturated heterocycles. The van der Waals surface area contributed by atoms with Gasteiger partial charge in [-0.2, -0.15) is 0 Å². The predicted octanol–water partition coefficient (Wildman–Crippen LogP) is -0.139. The number of carboxylic acid groups (broad SMARTS) is 1. The molecule has 0 fully saturated rings. The molecular weight excluding hydrogens is 226 g/mol. The van der Waals surface area contributed by atoms with E-state index in [2.05, 4.69) is 10.2 Å². The summed E-state index contributed by atoms with van der Waals surface area (Å²) in [5.41, 5.74) is -0.390. The number of aromatic nitrogens is 3. The lowest BCUT2D eigenvalue weighted by Crippen LogP contribution is -2.25. The summed E-state index contributed by atoms with van der Waals surface area (Å²) in [4.78, 5) is 33.6. The second kappa shape index (κ2) is 3.78. The second-order valence-corrected chi connectivity index (χ2v) is 3.50. The fourth-order valence-electron chi connectivity index (χ4n) is 1.51. The lowest BCUT2D eigenvalue weighted by molar-refractivity contribution is 0.0697. The van der Waals surface area contributed by atoms with Crippen molar-refractivity contribution in [3.63, 3.8) is 0 Å². The first-order chi connectivity index (χ1) is 8.00. The average molecular weight is 235 g/mol. The van der Waals surface area contributed by atoms with Crippen LogP contribution in [0, 0.1) is 6.92 Å². The number of hydrogen-bond acceptors (Lipinski definition) is 3. The number of H-pyrrole nitrogens is 2. The number of aromatic amines is 2. The molecule has 0 unspecified atom stereocenters. The van der Waals surface area contributed by atoms with Crippen molar-refractivity contribution in [2.75, 3.05) is 0 Å². The molecule has 7 heteroatoms. The van der Waals surface area contributed by atoms with Crippen molar-refractivity contribution in [3.05, 3.63) is 50.3 Å². The summed E-state index contributed by atoms with van der Waals surface area (Å²) in [7, 11) is 0. The lowest BCUT2D eigenvalue weighted by atomic mass is 10.1. The molecule has 1 heterocycles. The summed E-state index contributed by atoms with van der Waals surface area (Å²) in [6.07, 6.45) is 0. The van der Waals surface area contributed by atoms with Crippen LogP contribution in [-0.2, 0) is 0 Å². The number of nitrogens with one attached hydrogen (secondary N) is 2. The molecule has 1 aromatic carbocycles. The topological polar surface area (TPSA) is 108 Å². The zero-order chi connectivity index (χ0) is 12.6. The number of benzene rings is 1. The number of hydrogen-bond donors (Lipinski definition) is 3. The standard InChI is InChI=1S/C10H9N3O4/c1-5-2-3-6(8(14)15)4-7(5)13-9(16)11-12-10(13)17/h2-4H,1H3,(H,11,16)(H,12,17)(H,14,15). The Morgan fingerprint density at radius 3 is 2.35 bits per heavy atom. The van der Waals surface area contributed by atoms with Crippen molar-refractivity contribution in [1.82, 2.24) is 14.8 Å². The van der Waals surface area contributed by atoms with Gasteiger partial charge in [0.2, 0.25) is 0 Å². The minimum atomic E-state index is -1.12. The minimum absolute atomic E-state index is 0.0121. The third kappa shape index (κ3) is 1.78. The van der Waals surface area contributed by atoms with Crippen molar-refractivity contribution < 1.29 is 9.90 Å². The molecule has 0 aliphatic heterocycles. The van der Waals surface area contributed by atoms with Gasteiger partial charge in [-0.3, -0.25) is 0 Å². The van der Waals surface area contributed by atoms with E-state index in [4.69, 9.17) is 5.11 Å². The Morgan fingerprint density at radius 2 is 1.82 bits per heavy atom. The maximum Gasteiger partial charge on any atom is 0.348 e. The molecule has 7 nitrogen and oxygen atoms in total. The lowest BCUT2D eigenvalue weighted by Gasteiger charge is -2.05. The quantitative estimate of drug-likeness (QED) is 0.673. The molecule has 0 bridgehead atoms. The van der Waals surface area contributed by atoms with Crippen LogP contribution in [-0.4, -0.2) is 25.8 Å². The molecule has 2 aromatic rings. The summed E-state index contributed by atoms with van der Waals surface area (Å²) >= 11 is 0. The molecule has 88 valence electrons. The Kier molecular flexibility index (Phi) is 2.43. The van der Waals surface area contributed by atoms with Crippen LogP contribution in [0.1, 0.15) is 15.9 Å². The molecule has 0 radical (unpaired) electrons. The normalized spacial score (nSPS) is 10.4. The average Bonchev–Trinajstić information content (AvgIpc) is 2.59. The van der Waals surface area contributed by atoms with Crippen LogP contribution in [0.25, 0.3) is 5.69 Å². The number of carbonyl (C=O) groups is 1. The summed E-state index contributed by atoms with van der Waals surface area (Å²) < 4.78 is 0.849. The van der Waals surface area contributed by atoms with E-state index < -0.39 is 17.3 Å². The van der Waals surface area contributed by atoms with Crippen LogP contribution in [0.2, 0.25) is 0 Å². The van der Waals surface area contributed by atoms with E-state index >= 15 is 0 Å². The zero-order valence-corrected chi connectivity index (χ0v) is 8.85. The van der Waals surface area contributed by atoms with Gasteiger partial charge in [-0.15, -0.1) is 0 Å². The van der Waals surface area contributed by atoms with E-state index in [-0.39, 0.29) is 11.3 Å². The van der Waals surface area contributed by atoms with Gasteiger partial charge in [0.1, 0.15) is 0 Å². The van der Waals surface area contributed by atoms with Gasteiger partial charge in [-0.05, 0) is 24.6 Å². The molecule has 0 saturated carbocycles. The molecular formula is C10H9N3O4. The highest BCUT2D eigenvalue weighted by Gasteiger charge is 2.11. The van der Waals surface area contributed by atoms with Crippen molar-refractivity contribution >= 4 is 5.97 Å². The monoisotopic (exact) mass is 235 g/mol. The Balaban J connectivity index is 2.75. The third-order valence-electron chi connectivity index (χ3n) is 2.38. The van der Waals surface area contributed by atoms with Crippen LogP contribution >= 0.6 is 0 Å². The first-order valence-electron chi connectivity index (χ1n) is 4.74. The van der Waals surface area contributed by atoms with Gasteiger partial charge in [-0.1, -0.05) is 6.07 Å². The van der Waals surface area contributed by atoms with E-state index in [1.54, 1.807) is 6.92 Å². The Hall–Kier alpha value is -2.57. The number of nitrogens with zero attached hydrogens (tertiary/aromatic N) is 1. The zero-order valence-electron chi connectivity index (χ0n) is 8.85. The fourth-order valence-corrected chi connectivity index (χ4v) is 1.51. The molecule has 0 amide bonds. The van der Waals surface area contributed by atoms with Crippen molar-refractivity contribution in [2.24, 2.45) is 0 Å². The Morgan fingerprint density at radius 1 is 1.24 bits per heavy atom. The molecule has 0 aliphatic carbocycles. The molecule has 0 atom stereocenters. The van der Waals surface area contributed by atoms with Gasteiger partial charge < -0.3 is 5.11 Å². The van der Waals surface area contributed by atoms with Crippen LogP contribution in [0.3, 0.4) is 0 Å².